The normalized spacial score (nSPS) is 10.5. The maximum atomic E-state index is 9.41. The molecule has 0 amide bonds. The predicted molar refractivity (Wildman–Crippen MR) is 87.2 cm³/mol. The number of hydrogen-bond acceptors (Lipinski definition) is 5. The summed E-state index contributed by atoms with van der Waals surface area (Å²) in [4.78, 5) is 2.82. The van der Waals surface area contributed by atoms with Crippen LogP contribution in [0.15, 0.2) is 35.4 Å². The van der Waals surface area contributed by atoms with Crippen LogP contribution in [-0.4, -0.2) is 34.1 Å². The Morgan fingerprint density at radius 1 is 1.33 bits per heavy atom. The van der Waals surface area contributed by atoms with Crippen molar-refractivity contribution in [2.75, 3.05) is 13.2 Å². The smallest absolute Gasteiger partial charge is 0.123 e. The molecule has 1 heterocycles. The topological polar surface area (TPSA) is 127 Å². The molecule has 0 aliphatic rings. The fourth-order valence-electron chi connectivity index (χ4n) is 2.39. The molecule has 0 bridgehead atoms. The van der Waals surface area contributed by atoms with Crippen molar-refractivity contribution in [3.8, 4) is 17.3 Å². The summed E-state index contributed by atoms with van der Waals surface area (Å²) in [6.45, 7) is 1.06. The molecule has 1 aromatic carbocycles. The number of aromatic nitrogens is 1. The van der Waals surface area contributed by atoms with E-state index in [0.29, 0.717) is 11.4 Å². The summed E-state index contributed by atoms with van der Waals surface area (Å²) in [5.74, 6) is 0. The molecule has 2 aromatic rings. The first kappa shape index (κ1) is 17.5. The van der Waals surface area contributed by atoms with E-state index in [4.69, 9.17) is 20.5 Å². The van der Waals surface area contributed by atoms with Crippen LogP contribution in [-0.2, 0) is 11.5 Å². The Labute approximate surface area is 138 Å². The van der Waals surface area contributed by atoms with Gasteiger partial charge in [-0.05, 0) is 18.0 Å². The van der Waals surface area contributed by atoms with Crippen molar-refractivity contribution < 1.29 is 14.9 Å². The second-order valence-electron chi connectivity index (χ2n) is 5.04. The van der Waals surface area contributed by atoms with Crippen LogP contribution in [0.4, 0.5) is 5.69 Å². The third kappa shape index (κ3) is 3.40. The molecule has 0 aliphatic heterocycles. The first-order valence-corrected chi connectivity index (χ1v) is 7.24. The van der Waals surface area contributed by atoms with Crippen LogP contribution in [0, 0.1) is 18.3 Å². The molecule has 0 aliphatic carbocycles. The highest BCUT2D eigenvalue weighted by Crippen LogP contribution is 2.38. The first-order valence-electron chi connectivity index (χ1n) is 7.24. The van der Waals surface area contributed by atoms with Crippen LogP contribution >= 0.6 is 0 Å². The molecule has 0 unspecified atom stereocenters. The van der Waals surface area contributed by atoms with Gasteiger partial charge in [-0.3, -0.25) is 0 Å². The third-order valence-corrected chi connectivity index (χ3v) is 3.65. The molecule has 0 atom stereocenters. The maximum absolute atomic E-state index is 9.41. The second kappa shape index (κ2) is 8.15. The highest BCUT2D eigenvalue weighted by molar-refractivity contribution is 5.79. The maximum Gasteiger partial charge on any atom is 0.123 e. The van der Waals surface area contributed by atoms with Crippen molar-refractivity contribution >= 4 is 5.69 Å². The summed E-state index contributed by atoms with van der Waals surface area (Å²) in [6, 6.07) is 11.2. The Bertz CT molecular complexity index is 784. The molecule has 124 valence electrons. The van der Waals surface area contributed by atoms with E-state index in [1.807, 2.05) is 30.3 Å². The Hall–Kier alpha value is -2.82. The van der Waals surface area contributed by atoms with E-state index < -0.39 is 6.10 Å². The Morgan fingerprint density at radius 2 is 2.00 bits per heavy atom. The van der Waals surface area contributed by atoms with Gasteiger partial charge in [0.2, 0.25) is 0 Å². The van der Waals surface area contributed by atoms with E-state index >= 15 is 0 Å². The SMILES string of the molecule is Cc1c(C#N)c(N=[N+]=[N-])c(-c2ccccc2)n1COC(CO)CO. The molecule has 0 fully saturated rings. The fourth-order valence-corrected chi connectivity index (χ4v) is 2.39. The van der Waals surface area contributed by atoms with Crippen molar-refractivity contribution in [1.82, 2.24) is 4.57 Å². The minimum absolute atomic E-state index is 0.00250. The summed E-state index contributed by atoms with van der Waals surface area (Å²) in [5.41, 5.74) is 11.2. The molecule has 0 spiro atoms. The molecular formula is C16H17N5O3. The van der Waals surface area contributed by atoms with Gasteiger partial charge in [-0.1, -0.05) is 35.4 Å². The van der Waals surface area contributed by atoms with Crippen molar-refractivity contribution in [2.24, 2.45) is 5.11 Å². The van der Waals surface area contributed by atoms with Crippen molar-refractivity contribution in [1.29, 1.82) is 5.26 Å². The number of aliphatic hydroxyl groups is 2. The zero-order chi connectivity index (χ0) is 17.5. The fraction of sp³-hybridized carbons (Fsp3) is 0.312. The monoisotopic (exact) mass is 327 g/mol. The quantitative estimate of drug-likeness (QED) is 0.460. The van der Waals surface area contributed by atoms with Gasteiger partial charge >= 0.3 is 0 Å². The van der Waals surface area contributed by atoms with Gasteiger partial charge in [0.1, 0.15) is 18.9 Å². The predicted octanol–water partition coefficient (Wildman–Crippen LogP) is 2.60. The average Bonchev–Trinajstić information content (AvgIpc) is 2.88. The molecule has 1 aromatic heterocycles. The number of rotatable bonds is 7. The van der Waals surface area contributed by atoms with Crippen LogP contribution in [0.3, 0.4) is 0 Å². The minimum atomic E-state index is -0.733. The highest BCUT2D eigenvalue weighted by Gasteiger charge is 2.21. The lowest BCUT2D eigenvalue weighted by Gasteiger charge is -2.17. The molecule has 24 heavy (non-hydrogen) atoms. The van der Waals surface area contributed by atoms with E-state index in [9.17, 15) is 5.26 Å². The van der Waals surface area contributed by atoms with E-state index in [2.05, 4.69) is 16.1 Å². The standard InChI is InChI=1S/C16H17N5O3/c1-11-14(7-17)15(19-20-18)16(12-5-3-2-4-6-12)21(11)10-24-13(8-22)9-23/h2-6,13,22-23H,8-10H2,1H3. The van der Waals surface area contributed by atoms with Crippen molar-refractivity contribution in [2.45, 2.75) is 19.8 Å². The van der Waals surface area contributed by atoms with Crippen LogP contribution in [0.5, 0.6) is 0 Å². The van der Waals surface area contributed by atoms with Gasteiger partial charge in [0.25, 0.3) is 0 Å². The van der Waals surface area contributed by atoms with Gasteiger partial charge in [-0.15, -0.1) is 0 Å². The van der Waals surface area contributed by atoms with Crippen LogP contribution in [0.2, 0.25) is 0 Å². The number of hydrogen-bond donors (Lipinski definition) is 2. The van der Waals surface area contributed by atoms with E-state index in [1.54, 1.807) is 11.5 Å². The van der Waals surface area contributed by atoms with E-state index in [1.165, 1.54) is 0 Å². The number of nitrogens with zero attached hydrogens (tertiary/aromatic N) is 5. The average molecular weight is 327 g/mol. The molecule has 8 heteroatoms. The molecule has 2 N–H and O–H groups in total. The molecule has 0 saturated heterocycles. The molecule has 2 rings (SSSR count). The van der Waals surface area contributed by atoms with Gasteiger partial charge in [0.05, 0.1) is 30.2 Å². The Balaban J connectivity index is 2.60. The number of aliphatic hydroxyl groups excluding tert-OH is 2. The lowest BCUT2D eigenvalue weighted by Crippen LogP contribution is -2.23. The van der Waals surface area contributed by atoms with Crippen molar-refractivity contribution in [3.63, 3.8) is 0 Å². The molecule has 8 nitrogen and oxygen atoms in total. The molecular weight excluding hydrogens is 310 g/mol. The minimum Gasteiger partial charge on any atom is -0.394 e. The van der Waals surface area contributed by atoms with Crippen LogP contribution in [0.1, 0.15) is 11.3 Å². The van der Waals surface area contributed by atoms with Gasteiger partial charge in [0.15, 0.2) is 0 Å². The zero-order valence-corrected chi connectivity index (χ0v) is 13.1. The number of ether oxygens (including phenoxy) is 1. The summed E-state index contributed by atoms with van der Waals surface area (Å²) in [7, 11) is 0. The van der Waals surface area contributed by atoms with E-state index in [0.717, 1.165) is 5.56 Å². The Kier molecular flexibility index (Phi) is 5.95. The summed E-state index contributed by atoms with van der Waals surface area (Å²) in [5, 5.41) is 31.4. The van der Waals surface area contributed by atoms with Gasteiger partial charge in [-0.2, -0.15) is 5.26 Å². The van der Waals surface area contributed by atoms with Gasteiger partial charge in [0, 0.05) is 10.6 Å². The van der Waals surface area contributed by atoms with Crippen LogP contribution in [0.25, 0.3) is 21.7 Å². The first-order chi connectivity index (χ1) is 11.7. The second-order valence-corrected chi connectivity index (χ2v) is 5.04. The zero-order valence-electron chi connectivity index (χ0n) is 13.1. The summed E-state index contributed by atoms with van der Waals surface area (Å²) in [6.07, 6.45) is -0.733. The number of azide groups is 1. The Morgan fingerprint density at radius 3 is 2.54 bits per heavy atom. The summed E-state index contributed by atoms with van der Waals surface area (Å²) < 4.78 is 7.17. The summed E-state index contributed by atoms with van der Waals surface area (Å²) >= 11 is 0. The van der Waals surface area contributed by atoms with E-state index in [-0.39, 0.29) is 31.2 Å². The number of benzene rings is 1. The lowest BCUT2D eigenvalue weighted by atomic mass is 10.1. The molecule has 0 radical (unpaired) electrons. The molecule has 0 saturated carbocycles. The lowest BCUT2D eigenvalue weighted by molar-refractivity contribution is -0.0497. The highest BCUT2D eigenvalue weighted by atomic mass is 16.5. The largest absolute Gasteiger partial charge is 0.394 e. The van der Waals surface area contributed by atoms with Crippen LogP contribution < -0.4 is 0 Å². The van der Waals surface area contributed by atoms with Gasteiger partial charge in [-0.25, -0.2) is 0 Å². The van der Waals surface area contributed by atoms with Gasteiger partial charge < -0.3 is 19.5 Å². The third-order valence-electron chi connectivity index (χ3n) is 3.65. The van der Waals surface area contributed by atoms with Crippen molar-refractivity contribution in [3.05, 3.63) is 52.0 Å². The number of nitriles is 1.